The molecule has 0 bridgehead atoms. The van der Waals surface area contributed by atoms with Crippen LogP contribution in [0.15, 0.2) is 58.9 Å². The normalized spacial score (nSPS) is 11.1. The van der Waals surface area contributed by atoms with Crippen LogP contribution >= 0.6 is 23.1 Å². The maximum absolute atomic E-state index is 13.2. The highest BCUT2D eigenvalue weighted by Gasteiger charge is 2.12. The number of rotatable bonds is 4. The monoisotopic (exact) mass is 367 g/mol. The molecular weight excluding hydrogens is 353 g/mol. The topological polar surface area (TPSA) is 38.7 Å². The van der Waals surface area contributed by atoms with Crippen molar-refractivity contribution >= 4 is 33.9 Å². The Kier molecular flexibility index (Phi) is 4.46. The number of aromatic nitrogens is 3. The Labute approximate surface area is 153 Å². The van der Waals surface area contributed by atoms with Crippen molar-refractivity contribution in [2.45, 2.75) is 17.7 Å². The standard InChI is InChI=1S/C19H14FN3S2/c1-12-21-15(10-24-12)11-25-19-17-5-3-2-4-16(17)18(22-23-19)13-6-8-14(20)9-7-13/h2-10H,11H2,1H3. The number of thioether (sulfide) groups is 1. The van der Waals surface area contributed by atoms with Gasteiger partial charge in [0, 0.05) is 27.5 Å². The van der Waals surface area contributed by atoms with Gasteiger partial charge in [0.2, 0.25) is 0 Å². The third kappa shape index (κ3) is 3.41. The first-order valence-electron chi connectivity index (χ1n) is 7.76. The van der Waals surface area contributed by atoms with Crippen molar-refractivity contribution in [2.75, 3.05) is 0 Å². The first-order valence-corrected chi connectivity index (χ1v) is 9.62. The van der Waals surface area contributed by atoms with E-state index in [1.54, 1.807) is 35.2 Å². The van der Waals surface area contributed by atoms with Gasteiger partial charge in [-0.3, -0.25) is 0 Å². The summed E-state index contributed by atoms with van der Waals surface area (Å²) in [4.78, 5) is 4.49. The zero-order valence-corrected chi connectivity index (χ0v) is 15.1. The molecule has 2 heterocycles. The molecule has 4 rings (SSSR count). The lowest BCUT2D eigenvalue weighted by Crippen LogP contribution is -1.94. The van der Waals surface area contributed by atoms with Crippen LogP contribution in [0.3, 0.4) is 0 Å². The molecular formula is C19H14FN3S2. The number of hydrogen-bond donors (Lipinski definition) is 0. The zero-order chi connectivity index (χ0) is 17.2. The molecule has 2 aromatic heterocycles. The van der Waals surface area contributed by atoms with Crippen LogP contribution < -0.4 is 0 Å². The van der Waals surface area contributed by atoms with Gasteiger partial charge in [0.25, 0.3) is 0 Å². The SMILES string of the molecule is Cc1nc(CSc2nnc(-c3ccc(F)cc3)c3ccccc23)cs1. The van der Waals surface area contributed by atoms with Crippen LogP contribution in [0.5, 0.6) is 0 Å². The minimum absolute atomic E-state index is 0.258. The molecule has 0 atom stereocenters. The van der Waals surface area contributed by atoms with E-state index < -0.39 is 0 Å². The summed E-state index contributed by atoms with van der Waals surface area (Å²) in [5.41, 5.74) is 2.68. The summed E-state index contributed by atoms with van der Waals surface area (Å²) in [5.74, 6) is 0.505. The van der Waals surface area contributed by atoms with Crippen molar-refractivity contribution in [1.82, 2.24) is 15.2 Å². The Morgan fingerprint density at radius 1 is 1.00 bits per heavy atom. The maximum Gasteiger partial charge on any atom is 0.127 e. The summed E-state index contributed by atoms with van der Waals surface area (Å²) in [6.07, 6.45) is 0. The van der Waals surface area contributed by atoms with Crippen LogP contribution in [0.4, 0.5) is 4.39 Å². The van der Waals surface area contributed by atoms with Gasteiger partial charge in [0.1, 0.15) is 16.5 Å². The van der Waals surface area contributed by atoms with Crippen molar-refractivity contribution in [3.8, 4) is 11.3 Å². The number of aryl methyl sites for hydroxylation is 1. The molecule has 0 aliphatic rings. The zero-order valence-electron chi connectivity index (χ0n) is 13.4. The second-order valence-corrected chi connectivity index (χ2v) is 7.58. The van der Waals surface area contributed by atoms with Crippen molar-refractivity contribution in [1.29, 1.82) is 0 Å². The lowest BCUT2D eigenvalue weighted by Gasteiger charge is -2.08. The van der Waals surface area contributed by atoms with Gasteiger partial charge in [-0.05, 0) is 31.2 Å². The van der Waals surface area contributed by atoms with Gasteiger partial charge in [0.05, 0.1) is 10.7 Å². The van der Waals surface area contributed by atoms with Crippen LogP contribution in [0.25, 0.3) is 22.0 Å². The fourth-order valence-electron chi connectivity index (χ4n) is 2.62. The third-order valence-corrected chi connectivity index (χ3v) is 5.63. The second kappa shape index (κ2) is 6.90. The van der Waals surface area contributed by atoms with Crippen LogP contribution in [-0.4, -0.2) is 15.2 Å². The number of nitrogens with zero attached hydrogens (tertiary/aromatic N) is 3. The number of hydrogen-bond acceptors (Lipinski definition) is 5. The van der Waals surface area contributed by atoms with Crippen LogP contribution in [0.1, 0.15) is 10.7 Å². The molecule has 0 unspecified atom stereocenters. The highest BCUT2D eigenvalue weighted by Crippen LogP contribution is 2.33. The van der Waals surface area contributed by atoms with E-state index in [0.29, 0.717) is 0 Å². The first-order chi connectivity index (χ1) is 12.2. The van der Waals surface area contributed by atoms with Crippen LogP contribution in [0, 0.1) is 12.7 Å². The van der Waals surface area contributed by atoms with Crippen molar-refractivity contribution < 1.29 is 4.39 Å². The largest absolute Gasteiger partial charge is 0.246 e. The summed E-state index contributed by atoms with van der Waals surface area (Å²) >= 11 is 3.29. The van der Waals surface area contributed by atoms with E-state index in [9.17, 15) is 4.39 Å². The molecule has 0 spiro atoms. The third-order valence-electron chi connectivity index (χ3n) is 3.79. The summed E-state index contributed by atoms with van der Waals surface area (Å²) in [6, 6.07) is 14.4. The molecule has 4 aromatic rings. The Morgan fingerprint density at radius 2 is 1.76 bits per heavy atom. The predicted molar refractivity (Wildman–Crippen MR) is 101 cm³/mol. The van der Waals surface area contributed by atoms with Crippen molar-refractivity contribution in [3.05, 3.63) is 70.4 Å². The maximum atomic E-state index is 13.2. The predicted octanol–water partition coefficient (Wildman–Crippen LogP) is 5.49. The van der Waals surface area contributed by atoms with Gasteiger partial charge in [0.15, 0.2) is 0 Å². The fourth-order valence-corrected chi connectivity index (χ4v) is 4.21. The highest BCUT2D eigenvalue weighted by atomic mass is 32.2. The van der Waals surface area contributed by atoms with Gasteiger partial charge in [-0.15, -0.1) is 21.5 Å². The minimum Gasteiger partial charge on any atom is -0.246 e. The summed E-state index contributed by atoms with van der Waals surface area (Å²) in [5, 5.41) is 14.9. The highest BCUT2D eigenvalue weighted by molar-refractivity contribution is 7.98. The smallest absolute Gasteiger partial charge is 0.127 e. The Morgan fingerprint density at radius 3 is 2.48 bits per heavy atom. The fraction of sp³-hybridized carbons (Fsp3) is 0.105. The lowest BCUT2D eigenvalue weighted by molar-refractivity contribution is 0.628. The number of halogens is 1. The summed E-state index contributed by atoms with van der Waals surface area (Å²) in [6.45, 7) is 2.01. The molecule has 0 saturated carbocycles. The quantitative estimate of drug-likeness (QED) is 0.447. The van der Waals surface area contributed by atoms with Gasteiger partial charge in [-0.25, -0.2) is 9.37 Å². The van der Waals surface area contributed by atoms with Crippen molar-refractivity contribution in [3.63, 3.8) is 0 Å². The average molecular weight is 367 g/mol. The average Bonchev–Trinajstić information content (AvgIpc) is 3.06. The van der Waals surface area contributed by atoms with Crippen LogP contribution in [-0.2, 0) is 5.75 Å². The molecule has 124 valence electrons. The second-order valence-electron chi connectivity index (χ2n) is 5.55. The minimum atomic E-state index is -0.258. The molecule has 0 amide bonds. The Bertz CT molecular complexity index is 1030. The van der Waals surface area contributed by atoms with Gasteiger partial charge >= 0.3 is 0 Å². The van der Waals surface area contributed by atoms with Gasteiger partial charge < -0.3 is 0 Å². The Balaban J connectivity index is 1.72. The molecule has 3 nitrogen and oxygen atoms in total. The number of benzene rings is 2. The van der Waals surface area contributed by atoms with E-state index in [0.717, 1.165) is 43.5 Å². The Hall–Kier alpha value is -2.31. The molecule has 0 aliphatic carbocycles. The van der Waals surface area contributed by atoms with E-state index >= 15 is 0 Å². The molecule has 0 fully saturated rings. The lowest BCUT2D eigenvalue weighted by atomic mass is 10.1. The van der Waals surface area contributed by atoms with Crippen molar-refractivity contribution in [2.24, 2.45) is 0 Å². The molecule has 0 saturated heterocycles. The van der Waals surface area contributed by atoms with Gasteiger partial charge in [-0.1, -0.05) is 36.0 Å². The molecule has 25 heavy (non-hydrogen) atoms. The van der Waals surface area contributed by atoms with E-state index in [4.69, 9.17) is 0 Å². The molecule has 6 heteroatoms. The summed E-state index contributed by atoms with van der Waals surface area (Å²) in [7, 11) is 0. The number of thiazole rings is 1. The van der Waals surface area contributed by atoms with Crippen LogP contribution in [0.2, 0.25) is 0 Å². The molecule has 2 aromatic carbocycles. The van der Waals surface area contributed by atoms with E-state index in [1.807, 2.05) is 31.2 Å². The molecule has 0 N–H and O–H groups in total. The summed E-state index contributed by atoms with van der Waals surface area (Å²) < 4.78 is 13.2. The van der Waals surface area contributed by atoms with E-state index in [1.165, 1.54) is 12.1 Å². The number of fused-ring (bicyclic) bond motifs is 1. The van der Waals surface area contributed by atoms with E-state index in [-0.39, 0.29) is 5.82 Å². The molecule has 0 aliphatic heterocycles. The van der Waals surface area contributed by atoms with E-state index in [2.05, 4.69) is 20.6 Å². The first kappa shape index (κ1) is 16.2. The van der Waals surface area contributed by atoms with Gasteiger partial charge in [-0.2, -0.15) is 0 Å². The molecule has 0 radical (unpaired) electrons.